The van der Waals surface area contributed by atoms with Crippen LogP contribution in [0.3, 0.4) is 0 Å². The highest BCUT2D eigenvalue weighted by Crippen LogP contribution is 2.27. The molecule has 12 heavy (non-hydrogen) atoms. The first kappa shape index (κ1) is 7.14. The number of nitrogens with zero attached hydrogens (tertiary/aromatic N) is 3. The fourth-order valence-electron chi connectivity index (χ4n) is 1.07. The van der Waals surface area contributed by atoms with Crippen LogP contribution in [0.1, 0.15) is 0 Å². The topological polar surface area (TPSA) is 41.6 Å². The quantitative estimate of drug-likeness (QED) is 0.578. The Labute approximate surface area is 74.2 Å². The Bertz CT molecular complexity index is 427. The Morgan fingerprint density at radius 2 is 2.33 bits per heavy atom. The molecular formula is C8H4ClN3. The molecule has 0 spiro atoms. The van der Waals surface area contributed by atoms with Crippen LogP contribution in [-0.2, 0) is 0 Å². The summed E-state index contributed by atoms with van der Waals surface area (Å²) in [5, 5.41) is 9.03. The molecule has 3 nitrogen and oxygen atoms in total. The minimum atomic E-state index is 0.410. The van der Waals surface area contributed by atoms with E-state index in [4.69, 9.17) is 16.9 Å². The fourth-order valence-corrected chi connectivity index (χ4v) is 1.33. The summed E-state index contributed by atoms with van der Waals surface area (Å²) in [6, 6.07) is 3.54. The first-order chi connectivity index (χ1) is 5.83. The van der Waals surface area contributed by atoms with Crippen LogP contribution in [0.4, 0.5) is 0 Å². The van der Waals surface area contributed by atoms with Gasteiger partial charge >= 0.3 is 0 Å². The molecule has 0 aromatic rings. The first-order valence-electron chi connectivity index (χ1n) is 3.34. The molecule has 0 unspecified atom stereocenters. The lowest BCUT2D eigenvalue weighted by Crippen LogP contribution is -1.93. The van der Waals surface area contributed by atoms with Crippen LogP contribution in [0, 0.1) is 11.5 Å². The highest BCUT2D eigenvalue weighted by Gasteiger charge is 2.09. The second kappa shape index (κ2) is 2.50. The summed E-state index contributed by atoms with van der Waals surface area (Å²) in [5.74, 6) is 0. The molecule has 0 saturated heterocycles. The zero-order chi connectivity index (χ0) is 8.55. The van der Waals surface area contributed by atoms with Crippen LogP contribution in [0.2, 0.25) is 5.15 Å². The molecular weight excluding hydrogens is 174 g/mol. The average Bonchev–Trinajstić information content (AvgIpc) is 2.53. The second-order valence-electron chi connectivity index (χ2n) is 2.32. The summed E-state index contributed by atoms with van der Waals surface area (Å²) < 4.78 is 1.30. The summed E-state index contributed by atoms with van der Waals surface area (Å²) in [7, 11) is 0. The Hall–Kier alpha value is -1.53. The van der Waals surface area contributed by atoms with Crippen LogP contribution < -0.4 is 0 Å². The van der Waals surface area contributed by atoms with Gasteiger partial charge in [-0.25, -0.2) is 4.57 Å². The summed E-state index contributed by atoms with van der Waals surface area (Å²) in [5.41, 5.74) is 1.62. The van der Waals surface area contributed by atoms with E-state index in [-0.39, 0.29) is 0 Å². The minimum absolute atomic E-state index is 0.410. The molecule has 0 fully saturated rings. The maximum absolute atomic E-state index is 8.62. The molecule has 0 saturated carbocycles. The van der Waals surface area contributed by atoms with Gasteiger partial charge in [-0.1, -0.05) is 11.6 Å². The van der Waals surface area contributed by atoms with Crippen molar-refractivity contribution in [2.45, 2.75) is 0 Å². The Balaban J connectivity index is 2.81. The smallest absolute Gasteiger partial charge is 0.189 e. The van der Waals surface area contributed by atoms with Crippen LogP contribution in [-0.4, -0.2) is 9.55 Å². The highest BCUT2D eigenvalue weighted by molar-refractivity contribution is 6.32. The van der Waals surface area contributed by atoms with Crippen molar-refractivity contribution in [3.8, 4) is 17.5 Å². The van der Waals surface area contributed by atoms with Crippen molar-refractivity contribution in [1.29, 1.82) is 5.26 Å². The van der Waals surface area contributed by atoms with Crippen LogP contribution in [0.15, 0.2) is 24.5 Å². The monoisotopic (exact) mass is 177 g/mol. The van der Waals surface area contributed by atoms with Gasteiger partial charge in [0.1, 0.15) is 5.15 Å². The zero-order valence-electron chi connectivity index (χ0n) is 6.03. The number of rotatable bonds is 0. The van der Waals surface area contributed by atoms with Gasteiger partial charge in [0.25, 0.3) is 0 Å². The molecule has 2 aliphatic heterocycles. The predicted octanol–water partition coefficient (Wildman–Crippen LogP) is 1.97. The number of hydrogen-bond acceptors (Lipinski definition) is 2. The third-order valence-electron chi connectivity index (χ3n) is 1.65. The van der Waals surface area contributed by atoms with Gasteiger partial charge in [0.05, 0.1) is 5.69 Å². The van der Waals surface area contributed by atoms with E-state index in [1.165, 1.54) is 4.57 Å². The Kier molecular flexibility index (Phi) is 1.49. The fraction of sp³-hybridized carbons (Fsp3) is 0. The van der Waals surface area contributed by atoms with Gasteiger partial charge in [0.15, 0.2) is 6.19 Å². The molecule has 0 radical (unpaired) electrons. The summed E-state index contributed by atoms with van der Waals surface area (Å²) in [6.45, 7) is 0. The second-order valence-corrected chi connectivity index (χ2v) is 2.68. The van der Waals surface area contributed by atoms with Gasteiger partial charge < -0.3 is 0 Å². The number of fused-ring (bicyclic) bond motifs is 1. The van der Waals surface area contributed by atoms with E-state index in [1.807, 2.05) is 6.19 Å². The van der Waals surface area contributed by atoms with Crippen molar-refractivity contribution in [3.63, 3.8) is 0 Å². The van der Waals surface area contributed by atoms with E-state index in [0.717, 1.165) is 11.3 Å². The molecule has 0 aliphatic carbocycles. The molecule has 58 valence electrons. The van der Waals surface area contributed by atoms with Gasteiger partial charge in [-0.2, -0.15) is 5.26 Å². The Morgan fingerprint density at radius 1 is 1.50 bits per heavy atom. The first-order valence-corrected chi connectivity index (χ1v) is 3.72. The molecule has 0 N–H and O–H groups in total. The van der Waals surface area contributed by atoms with Crippen molar-refractivity contribution >= 4 is 11.6 Å². The lowest BCUT2D eigenvalue weighted by molar-refractivity contribution is 1.07. The summed E-state index contributed by atoms with van der Waals surface area (Å²) in [4.78, 5) is 4.05. The lowest BCUT2D eigenvalue weighted by atomic mass is 10.2. The van der Waals surface area contributed by atoms with Gasteiger partial charge in [-0.3, -0.25) is 4.98 Å². The molecule has 4 heteroatoms. The van der Waals surface area contributed by atoms with Crippen molar-refractivity contribution < 1.29 is 0 Å². The summed E-state index contributed by atoms with van der Waals surface area (Å²) >= 11 is 5.88. The zero-order valence-corrected chi connectivity index (χ0v) is 6.78. The van der Waals surface area contributed by atoms with Crippen LogP contribution >= 0.6 is 11.6 Å². The van der Waals surface area contributed by atoms with Crippen LogP contribution in [0.25, 0.3) is 11.3 Å². The van der Waals surface area contributed by atoms with Gasteiger partial charge in [-0.05, 0) is 12.1 Å². The Morgan fingerprint density at radius 3 is 3.08 bits per heavy atom. The van der Waals surface area contributed by atoms with Crippen molar-refractivity contribution in [2.24, 2.45) is 0 Å². The largest absolute Gasteiger partial charge is 0.256 e. The third kappa shape index (κ3) is 0.858. The van der Waals surface area contributed by atoms with E-state index in [1.54, 1.807) is 24.5 Å². The molecule has 0 aromatic carbocycles. The van der Waals surface area contributed by atoms with Gasteiger partial charge in [-0.15, -0.1) is 0 Å². The highest BCUT2D eigenvalue weighted by atomic mass is 35.5. The molecule has 0 bridgehead atoms. The number of pyridine rings is 1. The molecule has 0 atom stereocenters. The molecule has 2 heterocycles. The standard InChI is InChI=1S/C8H4ClN3/c9-8-6-1-3-11-7(6)2-4-12(8)5-10/h1-4H. The van der Waals surface area contributed by atoms with E-state index in [0.29, 0.717) is 5.15 Å². The van der Waals surface area contributed by atoms with E-state index in [2.05, 4.69) is 4.98 Å². The predicted molar refractivity (Wildman–Crippen MR) is 44.9 cm³/mol. The maximum Gasteiger partial charge on any atom is 0.189 e. The molecule has 2 aliphatic rings. The van der Waals surface area contributed by atoms with Crippen molar-refractivity contribution in [3.05, 3.63) is 29.7 Å². The van der Waals surface area contributed by atoms with Gasteiger partial charge in [0.2, 0.25) is 0 Å². The maximum atomic E-state index is 8.62. The minimum Gasteiger partial charge on any atom is -0.256 e. The van der Waals surface area contributed by atoms with E-state index >= 15 is 0 Å². The lowest BCUT2D eigenvalue weighted by Gasteiger charge is -2.02. The van der Waals surface area contributed by atoms with Crippen LogP contribution in [0.5, 0.6) is 0 Å². The van der Waals surface area contributed by atoms with E-state index < -0.39 is 0 Å². The molecule has 0 amide bonds. The number of hydrogen-bond donors (Lipinski definition) is 0. The number of halogens is 1. The van der Waals surface area contributed by atoms with Gasteiger partial charge in [0, 0.05) is 18.0 Å². The molecule has 0 aromatic heterocycles. The molecule has 2 rings (SSSR count). The normalized spacial score (nSPS) is 10.0. The number of aromatic nitrogens is 2. The van der Waals surface area contributed by atoms with Crippen molar-refractivity contribution in [1.82, 2.24) is 9.55 Å². The number of nitriles is 1. The van der Waals surface area contributed by atoms with E-state index in [9.17, 15) is 0 Å². The van der Waals surface area contributed by atoms with Crippen molar-refractivity contribution in [2.75, 3.05) is 0 Å². The summed E-state index contributed by atoms with van der Waals surface area (Å²) in [6.07, 6.45) is 5.19. The average molecular weight is 178 g/mol. The SMILES string of the molecule is N#Cn1ccc2nccc-2c1Cl. The third-order valence-corrected chi connectivity index (χ3v) is 2.04.